The van der Waals surface area contributed by atoms with Crippen molar-refractivity contribution in [2.75, 3.05) is 0 Å². The highest BCUT2D eigenvalue weighted by Gasteiger charge is 2.19. The zero-order chi connectivity index (χ0) is 36.2. The van der Waals surface area contributed by atoms with E-state index in [0.29, 0.717) is 0 Å². The third-order valence-electron chi connectivity index (χ3n) is 10.7. The number of benzene rings is 8. The van der Waals surface area contributed by atoms with Gasteiger partial charge in [-0.25, -0.2) is 9.97 Å². The van der Waals surface area contributed by atoms with Crippen LogP contribution in [0.15, 0.2) is 183 Å². The Bertz CT molecular complexity index is 3260. The minimum absolute atomic E-state index is 0.796. The second-order valence-corrected chi connectivity index (χ2v) is 13.9. The first-order valence-electron chi connectivity index (χ1n) is 18.3. The maximum atomic E-state index is 5.30. The van der Waals surface area contributed by atoms with Gasteiger partial charge in [0.05, 0.1) is 22.4 Å². The van der Waals surface area contributed by atoms with Gasteiger partial charge in [0.25, 0.3) is 0 Å². The fourth-order valence-electron chi connectivity index (χ4n) is 8.16. The van der Waals surface area contributed by atoms with Gasteiger partial charge in [-0.2, -0.15) is 0 Å². The van der Waals surface area contributed by atoms with Crippen molar-refractivity contribution in [1.82, 2.24) is 9.97 Å². The molecule has 10 rings (SSSR count). The van der Waals surface area contributed by atoms with Crippen molar-refractivity contribution in [1.29, 1.82) is 0 Å². The van der Waals surface area contributed by atoms with Crippen molar-refractivity contribution in [2.24, 2.45) is 0 Å². The number of allylic oxidation sites excluding steroid dienone is 1. The summed E-state index contributed by atoms with van der Waals surface area (Å²) in [5.41, 5.74) is 8.42. The molecule has 2 heteroatoms. The van der Waals surface area contributed by atoms with Gasteiger partial charge in [0.1, 0.15) is 0 Å². The summed E-state index contributed by atoms with van der Waals surface area (Å²) in [5.74, 6) is 0. The minimum atomic E-state index is 0.796. The van der Waals surface area contributed by atoms with Gasteiger partial charge >= 0.3 is 0 Å². The lowest BCUT2D eigenvalue weighted by molar-refractivity contribution is 1.22. The molecule has 0 atom stereocenters. The Morgan fingerprint density at radius 3 is 1.56 bits per heavy atom. The van der Waals surface area contributed by atoms with Crippen LogP contribution in [0.1, 0.15) is 0 Å². The topological polar surface area (TPSA) is 25.8 Å². The summed E-state index contributed by atoms with van der Waals surface area (Å²) < 4.78 is 0. The SMILES string of the molecule is C=C/C=c1/nc(-c2cccc(-c3ccc4c(-c5ccc6ccccc6c5)c5ccccc5c(-c5ccc6ccccc6c5)c4c3)n2)c2ccccc2c1=C. The predicted octanol–water partition coefficient (Wildman–Crippen LogP) is 12.3. The van der Waals surface area contributed by atoms with Crippen LogP contribution >= 0.6 is 0 Å². The van der Waals surface area contributed by atoms with Gasteiger partial charge in [0.15, 0.2) is 0 Å². The summed E-state index contributed by atoms with van der Waals surface area (Å²) in [6, 6.07) is 61.1. The second-order valence-electron chi connectivity index (χ2n) is 13.9. The lowest BCUT2D eigenvalue weighted by Gasteiger charge is -2.19. The van der Waals surface area contributed by atoms with E-state index in [1.165, 1.54) is 65.3 Å². The normalized spacial score (nSPS) is 12.0. The summed E-state index contributed by atoms with van der Waals surface area (Å²) in [5, 5.41) is 13.5. The summed E-state index contributed by atoms with van der Waals surface area (Å²) in [6.07, 6.45) is 3.68. The Balaban J connectivity index is 1.25. The molecule has 0 saturated carbocycles. The molecule has 0 fully saturated rings. The van der Waals surface area contributed by atoms with E-state index in [9.17, 15) is 0 Å². The smallest absolute Gasteiger partial charge is 0.0972 e. The molecule has 0 radical (unpaired) electrons. The summed E-state index contributed by atoms with van der Waals surface area (Å²) >= 11 is 0. The van der Waals surface area contributed by atoms with E-state index in [1.54, 1.807) is 6.08 Å². The summed E-state index contributed by atoms with van der Waals surface area (Å²) in [6.45, 7) is 8.27. The van der Waals surface area contributed by atoms with Gasteiger partial charge in [0, 0.05) is 16.2 Å². The van der Waals surface area contributed by atoms with Crippen LogP contribution < -0.4 is 10.6 Å². The lowest BCUT2D eigenvalue weighted by Crippen LogP contribution is -2.28. The quantitative estimate of drug-likeness (QED) is 0.168. The second kappa shape index (κ2) is 12.8. The van der Waals surface area contributed by atoms with E-state index in [1.807, 2.05) is 24.3 Å². The Hall–Kier alpha value is -7.16. The van der Waals surface area contributed by atoms with Crippen LogP contribution in [0.3, 0.4) is 0 Å². The van der Waals surface area contributed by atoms with Crippen LogP contribution in [0.4, 0.5) is 0 Å². The van der Waals surface area contributed by atoms with Gasteiger partial charge in [-0.15, -0.1) is 0 Å². The molecule has 0 spiro atoms. The summed E-state index contributed by atoms with van der Waals surface area (Å²) in [4.78, 5) is 10.4. The molecule has 8 aromatic carbocycles. The largest absolute Gasteiger partial charge is 0.246 e. The molecule has 54 heavy (non-hydrogen) atoms. The lowest BCUT2D eigenvalue weighted by atomic mass is 9.84. The van der Waals surface area contributed by atoms with E-state index >= 15 is 0 Å². The molecule has 0 bridgehead atoms. The van der Waals surface area contributed by atoms with E-state index in [2.05, 4.69) is 165 Å². The Labute approximate surface area is 313 Å². The molecular formula is C52H34N2. The molecule has 0 aliphatic rings. The number of fused-ring (bicyclic) bond motifs is 5. The Kier molecular flexibility index (Phi) is 7.49. The molecule has 2 aromatic heterocycles. The number of aromatic nitrogens is 2. The first kappa shape index (κ1) is 31.6. The third-order valence-corrected chi connectivity index (χ3v) is 10.7. The molecule has 252 valence electrons. The van der Waals surface area contributed by atoms with E-state index in [-0.39, 0.29) is 0 Å². The van der Waals surface area contributed by atoms with Crippen LogP contribution in [0, 0.1) is 0 Å². The molecule has 0 amide bonds. The first-order valence-corrected chi connectivity index (χ1v) is 18.3. The molecule has 0 N–H and O–H groups in total. The third kappa shape index (κ3) is 5.19. The van der Waals surface area contributed by atoms with Crippen LogP contribution in [0.25, 0.3) is 111 Å². The Morgan fingerprint density at radius 2 is 0.907 bits per heavy atom. The van der Waals surface area contributed by atoms with Gasteiger partial charge in [-0.3, -0.25) is 0 Å². The maximum absolute atomic E-state index is 5.30. The fourth-order valence-corrected chi connectivity index (χ4v) is 8.16. The molecule has 0 aliphatic heterocycles. The van der Waals surface area contributed by atoms with Crippen molar-refractivity contribution < 1.29 is 0 Å². The summed E-state index contributed by atoms with van der Waals surface area (Å²) in [7, 11) is 0. The van der Waals surface area contributed by atoms with Crippen LogP contribution in [0.2, 0.25) is 0 Å². The highest BCUT2D eigenvalue weighted by molar-refractivity contribution is 6.22. The molecule has 10 aromatic rings. The van der Waals surface area contributed by atoms with Crippen molar-refractivity contribution in [3.63, 3.8) is 0 Å². The standard InChI is InChI=1S/C52H34N2/c1-3-13-47-33(2)41-18-8-11-21-45(41)52(54-47)49-23-12-22-48(53-49)38-28-29-44-46(32-38)51(40-27-25-35-15-5-7-17-37(35)31-40)43-20-10-9-19-42(43)50(44)39-26-24-34-14-4-6-16-36(34)30-39/h3-32H,1-2H2/b47-13+. The average Bonchev–Trinajstić information content (AvgIpc) is 3.23. The fraction of sp³-hybridized carbons (Fsp3) is 0. The van der Waals surface area contributed by atoms with Gasteiger partial charge in [-0.05, 0) is 107 Å². The van der Waals surface area contributed by atoms with Gasteiger partial charge in [0.2, 0.25) is 0 Å². The van der Waals surface area contributed by atoms with Crippen molar-refractivity contribution in [3.8, 4) is 44.9 Å². The molecule has 2 nitrogen and oxygen atoms in total. The molecule has 2 heterocycles. The van der Waals surface area contributed by atoms with E-state index in [4.69, 9.17) is 9.97 Å². The highest BCUT2D eigenvalue weighted by atomic mass is 14.8. The van der Waals surface area contributed by atoms with Crippen LogP contribution in [-0.2, 0) is 0 Å². The molecule has 0 aliphatic carbocycles. The maximum Gasteiger partial charge on any atom is 0.0972 e. The molecular weight excluding hydrogens is 653 g/mol. The Morgan fingerprint density at radius 1 is 0.389 bits per heavy atom. The average molecular weight is 687 g/mol. The van der Waals surface area contributed by atoms with Gasteiger partial charge in [-0.1, -0.05) is 159 Å². The van der Waals surface area contributed by atoms with E-state index < -0.39 is 0 Å². The highest BCUT2D eigenvalue weighted by Crippen LogP contribution is 2.45. The molecule has 0 unspecified atom stereocenters. The zero-order valence-corrected chi connectivity index (χ0v) is 29.6. The first-order chi connectivity index (χ1) is 26.6. The number of pyridine rings is 2. The number of hydrogen-bond acceptors (Lipinski definition) is 2. The monoisotopic (exact) mass is 686 g/mol. The predicted molar refractivity (Wildman–Crippen MR) is 231 cm³/mol. The molecule has 0 saturated heterocycles. The zero-order valence-electron chi connectivity index (χ0n) is 29.6. The van der Waals surface area contributed by atoms with Crippen LogP contribution in [0.5, 0.6) is 0 Å². The minimum Gasteiger partial charge on any atom is -0.246 e. The number of rotatable bonds is 5. The van der Waals surface area contributed by atoms with Crippen LogP contribution in [-0.4, -0.2) is 9.97 Å². The number of nitrogens with zero attached hydrogens (tertiary/aromatic N) is 2. The van der Waals surface area contributed by atoms with Crippen molar-refractivity contribution in [3.05, 3.63) is 193 Å². The number of hydrogen-bond donors (Lipinski definition) is 0. The van der Waals surface area contributed by atoms with Crippen molar-refractivity contribution in [2.45, 2.75) is 0 Å². The van der Waals surface area contributed by atoms with Gasteiger partial charge < -0.3 is 0 Å². The van der Waals surface area contributed by atoms with Crippen molar-refractivity contribution >= 4 is 66.5 Å². The van der Waals surface area contributed by atoms with E-state index in [0.717, 1.165) is 44.0 Å².